The van der Waals surface area contributed by atoms with Crippen molar-refractivity contribution in [2.75, 3.05) is 23.3 Å². The Morgan fingerprint density at radius 3 is 2.41 bits per heavy atom. The lowest BCUT2D eigenvalue weighted by atomic mass is 10.1. The Morgan fingerprint density at radius 2 is 1.72 bits per heavy atom. The predicted octanol–water partition coefficient (Wildman–Crippen LogP) is 3.70. The Labute approximate surface area is 169 Å². The van der Waals surface area contributed by atoms with E-state index < -0.39 is 10.0 Å². The first-order chi connectivity index (χ1) is 14.0. The van der Waals surface area contributed by atoms with E-state index >= 15 is 0 Å². The molecule has 148 valence electrons. The van der Waals surface area contributed by atoms with Crippen molar-refractivity contribution >= 4 is 27.3 Å². The van der Waals surface area contributed by atoms with Crippen LogP contribution in [0.4, 0.5) is 11.4 Å². The molecule has 0 fully saturated rings. The number of anilines is 2. The van der Waals surface area contributed by atoms with Gasteiger partial charge in [-0.15, -0.1) is 0 Å². The summed E-state index contributed by atoms with van der Waals surface area (Å²) in [5.41, 5.74) is 2.49. The van der Waals surface area contributed by atoms with Gasteiger partial charge in [0.05, 0.1) is 17.7 Å². The van der Waals surface area contributed by atoms with Crippen LogP contribution in [0.5, 0.6) is 5.75 Å². The number of fused-ring (bicyclic) bond motifs is 1. The molecule has 1 heterocycles. The maximum Gasteiger partial charge on any atom is 0.264 e. The van der Waals surface area contributed by atoms with Crippen molar-refractivity contribution in [1.29, 1.82) is 0 Å². The van der Waals surface area contributed by atoms with E-state index in [1.165, 1.54) is 4.31 Å². The maximum atomic E-state index is 13.0. The molecule has 0 saturated carbocycles. The molecule has 0 saturated heterocycles. The predicted molar refractivity (Wildman–Crippen MR) is 112 cm³/mol. The average Bonchev–Trinajstić information content (AvgIpc) is 3.19. The normalized spacial score (nSPS) is 13.1. The zero-order chi connectivity index (χ0) is 20.4. The quantitative estimate of drug-likeness (QED) is 0.699. The molecule has 0 radical (unpaired) electrons. The van der Waals surface area contributed by atoms with Gasteiger partial charge in [0.15, 0.2) is 0 Å². The maximum absolute atomic E-state index is 13.0. The van der Waals surface area contributed by atoms with E-state index in [0.717, 1.165) is 5.56 Å². The molecule has 4 rings (SSSR count). The second kappa shape index (κ2) is 7.60. The Hall–Kier alpha value is -3.32. The van der Waals surface area contributed by atoms with Crippen LogP contribution in [0.3, 0.4) is 0 Å². The van der Waals surface area contributed by atoms with Gasteiger partial charge in [-0.2, -0.15) is 0 Å². The smallest absolute Gasteiger partial charge is 0.264 e. The molecule has 0 unspecified atom stereocenters. The van der Waals surface area contributed by atoms with E-state index in [9.17, 15) is 13.2 Å². The lowest BCUT2D eigenvalue weighted by Crippen LogP contribution is -2.29. The average molecular weight is 408 g/mol. The van der Waals surface area contributed by atoms with Crippen molar-refractivity contribution in [3.8, 4) is 5.75 Å². The minimum Gasteiger partial charge on any atom is -0.497 e. The van der Waals surface area contributed by atoms with Crippen LogP contribution < -0.4 is 14.4 Å². The molecule has 1 aliphatic heterocycles. The fraction of sp³-hybridized carbons (Fsp3) is 0.136. The summed E-state index contributed by atoms with van der Waals surface area (Å²) in [5.74, 6) is 0.393. The summed E-state index contributed by atoms with van der Waals surface area (Å²) in [6, 6.07) is 20.5. The fourth-order valence-corrected chi connectivity index (χ4v) is 4.85. The minimum atomic E-state index is -3.67. The van der Waals surface area contributed by atoms with E-state index in [-0.39, 0.29) is 10.8 Å². The molecule has 0 bridgehead atoms. The van der Waals surface area contributed by atoms with Crippen molar-refractivity contribution in [3.63, 3.8) is 0 Å². The van der Waals surface area contributed by atoms with Crippen molar-refractivity contribution in [1.82, 2.24) is 0 Å². The standard InChI is InChI=1S/C22H20N2O4S/c1-28-19-11-9-18(10-12-19)23-22(25)17-8-7-16-13-14-24(21(16)15-17)29(26,27)20-5-3-2-4-6-20/h2-12,15H,13-14H2,1H3,(H,23,25). The lowest BCUT2D eigenvalue weighted by Gasteiger charge is -2.20. The van der Waals surface area contributed by atoms with Crippen LogP contribution >= 0.6 is 0 Å². The summed E-state index contributed by atoms with van der Waals surface area (Å²) < 4.78 is 32.6. The molecule has 1 aliphatic rings. The van der Waals surface area contributed by atoms with Gasteiger partial charge in [0, 0.05) is 17.8 Å². The number of hydrogen-bond acceptors (Lipinski definition) is 4. The molecule has 1 amide bonds. The van der Waals surface area contributed by atoms with Crippen molar-refractivity contribution in [2.45, 2.75) is 11.3 Å². The van der Waals surface area contributed by atoms with Crippen LogP contribution in [0.25, 0.3) is 0 Å². The summed E-state index contributed by atoms with van der Waals surface area (Å²) in [7, 11) is -2.10. The second-order valence-corrected chi connectivity index (χ2v) is 8.53. The summed E-state index contributed by atoms with van der Waals surface area (Å²) in [6.45, 7) is 0.357. The number of carbonyl (C=O) groups excluding carboxylic acids is 1. The summed E-state index contributed by atoms with van der Waals surface area (Å²) in [5, 5.41) is 2.82. The van der Waals surface area contributed by atoms with E-state index in [1.807, 2.05) is 6.07 Å². The van der Waals surface area contributed by atoms with Gasteiger partial charge in [-0.1, -0.05) is 24.3 Å². The molecule has 3 aromatic carbocycles. The zero-order valence-corrected chi connectivity index (χ0v) is 16.6. The monoisotopic (exact) mass is 408 g/mol. The highest BCUT2D eigenvalue weighted by atomic mass is 32.2. The topological polar surface area (TPSA) is 75.7 Å². The van der Waals surface area contributed by atoms with Crippen molar-refractivity contribution < 1.29 is 17.9 Å². The second-order valence-electron chi connectivity index (χ2n) is 6.67. The third-order valence-corrected chi connectivity index (χ3v) is 6.71. The number of sulfonamides is 1. The van der Waals surface area contributed by atoms with Gasteiger partial charge in [0.2, 0.25) is 0 Å². The minimum absolute atomic E-state index is 0.237. The van der Waals surface area contributed by atoms with Crippen LogP contribution in [0.2, 0.25) is 0 Å². The van der Waals surface area contributed by atoms with E-state index in [1.54, 1.807) is 73.8 Å². The molecular weight excluding hydrogens is 388 g/mol. The van der Waals surface area contributed by atoms with Crippen molar-refractivity contribution in [2.24, 2.45) is 0 Å². The van der Waals surface area contributed by atoms with Gasteiger partial charge in [-0.05, 0) is 60.5 Å². The number of carbonyl (C=O) groups is 1. The highest BCUT2D eigenvalue weighted by molar-refractivity contribution is 7.92. The van der Waals surface area contributed by atoms with Gasteiger partial charge < -0.3 is 10.1 Å². The fourth-order valence-electron chi connectivity index (χ4n) is 3.34. The van der Waals surface area contributed by atoms with Crippen LogP contribution in [-0.2, 0) is 16.4 Å². The first-order valence-corrected chi connectivity index (χ1v) is 10.6. The highest BCUT2D eigenvalue weighted by Gasteiger charge is 2.31. The Morgan fingerprint density at radius 1 is 1.00 bits per heavy atom. The number of ether oxygens (including phenoxy) is 1. The molecular formula is C22H20N2O4S. The third-order valence-electron chi connectivity index (χ3n) is 4.88. The summed E-state index contributed by atoms with van der Waals surface area (Å²) >= 11 is 0. The first-order valence-electron chi connectivity index (χ1n) is 9.15. The number of rotatable bonds is 5. The molecule has 29 heavy (non-hydrogen) atoms. The molecule has 0 aromatic heterocycles. The van der Waals surface area contributed by atoms with Crippen LogP contribution in [0.15, 0.2) is 77.7 Å². The van der Waals surface area contributed by atoms with Crippen LogP contribution in [-0.4, -0.2) is 28.0 Å². The number of nitrogens with one attached hydrogen (secondary N) is 1. The zero-order valence-electron chi connectivity index (χ0n) is 15.8. The highest BCUT2D eigenvalue weighted by Crippen LogP contribution is 2.34. The summed E-state index contributed by atoms with van der Waals surface area (Å²) in [4.78, 5) is 12.9. The molecule has 0 spiro atoms. The molecule has 0 atom stereocenters. The van der Waals surface area contributed by atoms with E-state index in [0.29, 0.717) is 35.7 Å². The van der Waals surface area contributed by atoms with E-state index in [2.05, 4.69) is 5.32 Å². The van der Waals surface area contributed by atoms with Crippen LogP contribution in [0, 0.1) is 0 Å². The molecule has 6 nitrogen and oxygen atoms in total. The molecule has 1 N–H and O–H groups in total. The first kappa shape index (κ1) is 19.0. The largest absolute Gasteiger partial charge is 0.497 e. The van der Waals surface area contributed by atoms with Crippen molar-refractivity contribution in [3.05, 3.63) is 83.9 Å². The number of benzene rings is 3. The number of nitrogens with zero attached hydrogens (tertiary/aromatic N) is 1. The number of methoxy groups -OCH3 is 1. The Balaban J connectivity index is 1.61. The van der Waals surface area contributed by atoms with Gasteiger partial charge in [-0.3, -0.25) is 9.10 Å². The Bertz CT molecular complexity index is 1140. The molecule has 0 aliphatic carbocycles. The van der Waals surface area contributed by atoms with E-state index in [4.69, 9.17) is 4.74 Å². The Kier molecular flexibility index (Phi) is 4.98. The lowest BCUT2D eigenvalue weighted by molar-refractivity contribution is 0.102. The summed E-state index contributed by atoms with van der Waals surface area (Å²) in [6.07, 6.45) is 0.613. The number of amides is 1. The van der Waals surface area contributed by atoms with Gasteiger partial charge >= 0.3 is 0 Å². The molecule has 3 aromatic rings. The van der Waals surface area contributed by atoms with Gasteiger partial charge in [0.1, 0.15) is 5.75 Å². The third kappa shape index (κ3) is 3.69. The molecule has 7 heteroatoms. The van der Waals surface area contributed by atoms with Crippen LogP contribution in [0.1, 0.15) is 15.9 Å². The number of hydrogen-bond donors (Lipinski definition) is 1. The van der Waals surface area contributed by atoms with Gasteiger partial charge in [0.25, 0.3) is 15.9 Å². The SMILES string of the molecule is COc1ccc(NC(=O)c2ccc3c(c2)N(S(=O)(=O)c2ccccc2)CC3)cc1. The van der Waals surface area contributed by atoms with Gasteiger partial charge in [-0.25, -0.2) is 8.42 Å².